The number of hydrogen-bond acceptors (Lipinski definition) is 7. The van der Waals surface area contributed by atoms with E-state index in [9.17, 15) is 4.79 Å². The van der Waals surface area contributed by atoms with Crippen LogP contribution in [0, 0.1) is 0 Å². The molecule has 0 spiro atoms. The zero-order valence-corrected chi connectivity index (χ0v) is 18.5. The van der Waals surface area contributed by atoms with Crippen molar-refractivity contribution in [3.8, 4) is 11.5 Å². The number of thioether (sulfide) groups is 1. The van der Waals surface area contributed by atoms with Crippen LogP contribution in [0.1, 0.15) is 11.1 Å². The highest BCUT2D eigenvalue weighted by Gasteiger charge is 2.10. The molecule has 1 amide bonds. The van der Waals surface area contributed by atoms with Crippen molar-refractivity contribution in [3.63, 3.8) is 0 Å². The number of rotatable bonds is 9. The van der Waals surface area contributed by atoms with Gasteiger partial charge in [0.15, 0.2) is 11.5 Å². The van der Waals surface area contributed by atoms with Crippen LogP contribution in [-0.4, -0.2) is 28.7 Å². The Morgan fingerprint density at radius 3 is 2.77 bits per heavy atom. The standard InChI is InChI=1S/C23H21N3O3S2/c1-28-20-11-17(7-8-19(20)29-13-16-5-3-2-4-6-16)12-24-21(27)14-31-23-18-9-10-30-22(18)25-15-26-23/h2-11,15H,12-14H2,1H3,(H,24,27). The minimum absolute atomic E-state index is 0.0598. The molecule has 2 aromatic carbocycles. The molecular weight excluding hydrogens is 430 g/mol. The summed E-state index contributed by atoms with van der Waals surface area (Å²) in [6.07, 6.45) is 1.53. The fourth-order valence-corrected chi connectivity index (χ4v) is 4.55. The first-order valence-electron chi connectivity index (χ1n) is 9.64. The smallest absolute Gasteiger partial charge is 0.230 e. The summed E-state index contributed by atoms with van der Waals surface area (Å²) in [5.41, 5.74) is 2.02. The summed E-state index contributed by atoms with van der Waals surface area (Å²) in [6, 6.07) is 17.6. The van der Waals surface area contributed by atoms with E-state index in [1.54, 1.807) is 18.4 Å². The summed E-state index contributed by atoms with van der Waals surface area (Å²) in [5, 5.41) is 6.73. The number of thiophene rings is 1. The molecule has 0 aliphatic carbocycles. The Balaban J connectivity index is 1.30. The number of nitrogens with one attached hydrogen (secondary N) is 1. The second kappa shape index (κ2) is 10.3. The lowest BCUT2D eigenvalue weighted by Crippen LogP contribution is -2.24. The van der Waals surface area contributed by atoms with Crippen LogP contribution in [0.15, 0.2) is 71.3 Å². The molecule has 6 nitrogen and oxygen atoms in total. The highest BCUT2D eigenvalue weighted by Crippen LogP contribution is 2.29. The summed E-state index contributed by atoms with van der Waals surface area (Å²) < 4.78 is 11.3. The maximum atomic E-state index is 12.3. The molecule has 0 fully saturated rings. The number of methoxy groups -OCH3 is 1. The molecule has 0 aliphatic heterocycles. The molecule has 0 unspecified atom stereocenters. The summed E-state index contributed by atoms with van der Waals surface area (Å²) in [6.45, 7) is 0.872. The van der Waals surface area contributed by atoms with Crippen LogP contribution >= 0.6 is 23.1 Å². The molecule has 4 aromatic rings. The van der Waals surface area contributed by atoms with Gasteiger partial charge in [0.2, 0.25) is 5.91 Å². The molecule has 0 radical (unpaired) electrons. The second-order valence-electron chi connectivity index (χ2n) is 6.64. The van der Waals surface area contributed by atoms with Crippen LogP contribution < -0.4 is 14.8 Å². The van der Waals surface area contributed by atoms with Gasteiger partial charge in [0.05, 0.1) is 12.9 Å². The molecule has 2 heterocycles. The van der Waals surface area contributed by atoms with E-state index in [2.05, 4.69) is 15.3 Å². The van der Waals surface area contributed by atoms with E-state index in [0.717, 1.165) is 26.4 Å². The number of carbonyl (C=O) groups is 1. The van der Waals surface area contributed by atoms with Gasteiger partial charge in [0, 0.05) is 11.9 Å². The van der Waals surface area contributed by atoms with Crippen molar-refractivity contribution in [2.24, 2.45) is 0 Å². The summed E-state index contributed by atoms with van der Waals surface area (Å²) >= 11 is 2.97. The highest BCUT2D eigenvalue weighted by molar-refractivity contribution is 8.00. The SMILES string of the molecule is COc1cc(CNC(=O)CSc2ncnc3sccc23)ccc1OCc1ccccc1. The lowest BCUT2D eigenvalue weighted by molar-refractivity contribution is -0.118. The van der Waals surface area contributed by atoms with E-state index in [4.69, 9.17) is 9.47 Å². The lowest BCUT2D eigenvalue weighted by atomic mass is 10.2. The molecule has 8 heteroatoms. The first-order chi connectivity index (χ1) is 15.2. The van der Waals surface area contributed by atoms with Gasteiger partial charge in [-0.1, -0.05) is 48.2 Å². The number of hydrogen-bond donors (Lipinski definition) is 1. The third kappa shape index (κ3) is 5.53. The number of benzene rings is 2. The van der Waals surface area contributed by atoms with E-state index in [1.807, 2.05) is 60.0 Å². The quantitative estimate of drug-likeness (QED) is 0.294. The van der Waals surface area contributed by atoms with Crippen LogP contribution in [0.4, 0.5) is 0 Å². The molecule has 158 valence electrons. The van der Waals surface area contributed by atoms with E-state index in [-0.39, 0.29) is 11.7 Å². The second-order valence-corrected chi connectivity index (χ2v) is 8.50. The number of aromatic nitrogens is 2. The number of fused-ring (bicyclic) bond motifs is 1. The predicted octanol–water partition coefficient (Wildman–Crippen LogP) is 4.69. The van der Waals surface area contributed by atoms with Gasteiger partial charge in [-0.3, -0.25) is 4.79 Å². The van der Waals surface area contributed by atoms with Crippen molar-refractivity contribution in [2.75, 3.05) is 12.9 Å². The first kappa shape index (κ1) is 21.1. The molecular formula is C23H21N3O3S2. The first-order valence-corrected chi connectivity index (χ1v) is 11.5. The summed E-state index contributed by atoms with van der Waals surface area (Å²) in [7, 11) is 1.61. The van der Waals surface area contributed by atoms with E-state index >= 15 is 0 Å². The fraction of sp³-hybridized carbons (Fsp3) is 0.174. The minimum atomic E-state index is -0.0598. The Labute approximate surface area is 188 Å². The predicted molar refractivity (Wildman–Crippen MR) is 124 cm³/mol. The van der Waals surface area contributed by atoms with Gasteiger partial charge in [0.1, 0.15) is 22.8 Å². The Morgan fingerprint density at radius 1 is 1.06 bits per heavy atom. The van der Waals surface area contributed by atoms with Crippen molar-refractivity contribution in [1.29, 1.82) is 0 Å². The van der Waals surface area contributed by atoms with Crippen molar-refractivity contribution >= 4 is 39.2 Å². The minimum Gasteiger partial charge on any atom is -0.493 e. The average Bonchev–Trinajstić information content (AvgIpc) is 3.30. The topological polar surface area (TPSA) is 73.3 Å². The Bertz CT molecular complexity index is 1170. The molecule has 0 aliphatic rings. The van der Waals surface area contributed by atoms with Gasteiger partial charge in [0.25, 0.3) is 0 Å². The number of carbonyl (C=O) groups excluding carboxylic acids is 1. The zero-order chi connectivity index (χ0) is 21.5. The average molecular weight is 452 g/mol. The summed E-state index contributed by atoms with van der Waals surface area (Å²) in [4.78, 5) is 21.8. The highest BCUT2D eigenvalue weighted by atomic mass is 32.2. The van der Waals surface area contributed by atoms with Crippen LogP contribution in [0.3, 0.4) is 0 Å². The molecule has 1 N–H and O–H groups in total. The van der Waals surface area contributed by atoms with Crippen molar-refractivity contribution < 1.29 is 14.3 Å². The lowest BCUT2D eigenvalue weighted by Gasteiger charge is -2.13. The zero-order valence-electron chi connectivity index (χ0n) is 16.9. The van der Waals surface area contributed by atoms with Gasteiger partial charge in [-0.15, -0.1) is 11.3 Å². The van der Waals surface area contributed by atoms with Crippen molar-refractivity contribution in [2.45, 2.75) is 18.2 Å². The molecule has 0 saturated carbocycles. The number of nitrogens with zero attached hydrogens (tertiary/aromatic N) is 2. The van der Waals surface area contributed by atoms with Crippen LogP contribution in [-0.2, 0) is 17.9 Å². The summed E-state index contributed by atoms with van der Waals surface area (Å²) in [5.74, 6) is 1.53. The molecule has 2 aromatic heterocycles. The van der Waals surface area contributed by atoms with Crippen LogP contribution in [0.2, 0.25) is 0 Å². The van der Waals surface area contributed by atoms with Crippen molar-refractivity contribution in [3.05, 3.63) is 77.4 Å². The third-order valence-electron chi connectivity index (χ3n) is 4.52. The Kier molecular flexibility index (Phi) is 7.01. The molecule has 0 atom stereocenters. The van der Waals surface area contributed by atoms with E-state index in [1.165, 1.54) is 18.1 Å². The molecule has 31 heavy (non-hydrogen) atoms. The van der Waals surface area contributed by atoms with Gasteiger partial charge >= 0.3 is 0 Å². The maximum Gasteiger partial charge on any atom is 0.230 e. The Morgan fingerprint density at radius 2 is 1.94 bits per heavy atom. The van der Waals surface area contributed by atoms with Gasteiger partial charge < -0.3 is 14.8 Å². The molecule has 0 saturated heterocycles. The van der Waals surface area contributed by atoms with E-state index in [0.29, 0.717) is 24.7 Å². The third-order valence-corrected chi connectivity index (χ3v) is 6.35. The largest absolute Gasteiger partial charge is 0.493 e. The molecule has 4 rings (SSSR count). The number of amides is 1. The fourth-order valence-electron chi connectivity index (χ4n) is 2.94. The molecule has 0 bridgehead atoms. The van der Waals surface area contributed by atoms with E-state index < -0.39 is 0 Å². The van der Waals surface area contributed by atoms with Gasteiger partial charge in [-0.05, 0) is 34.7 Å². The normalized spacial score (nSPS) is 10.7. The van der Waals surface area contributed by atoms with Crippen molar-refractivity contribution in [1.82, 2.24) is 15.3 Å². The number of ether oxygens (including phenoxy) is 2. The van der Waals surface area contributed by atoms with Crippen LogP contribution in [0.5, 0.6) is 11.5 Å². The van der Waals surface area contributed by atoms with Gasteiger partial charge in [-0.25, -0.2) is 9.97 Å². The Hall–Kier alpha value is -3.10. The van der Waals surface area contributed by atoms with Gasteiger partial charge in [-0.2, -0.15) is 0 Å². The monoisotopic (exact) mass is 451 g/mol. The maximum absolute atomic E-state index is 12.3. The van der Waals surface area contributed by atoms with Crippen LogP contribution in [0.25, 0.3) is 10.2 Å².